The topological polar surface area (TPSA) is 56.8 Å². The van der Waals surface area contributed by atoms with E-state index in [0.717, 1.165) is 11.3 Å². The maximum atomic E-state index is 12.3. The van der Waals surface area contributed by atoms with E-state index in [1.807, 2.05) is 24.3 Å². The van der Waals surface area contributed by atoms with Crippen LogP contribution in [0, 0.1) is 0 Å². The average Bonchev–Trinajstić information content (AvgIpc) is 3.03. The predicted molar refractivity (Wildman–Crippen MR) is 81.6 cm³/mol. The van der Waals surface area contributed by atoms with Crippen LogP contribution in [0.4, 0.5) is 0 Å². The average molecular weight is 299 g/mol. The zero-order valence-electron chi connectivity index (χ0n) is 12.3. The second-order valence-electron chi connectivity index (χ2n) is 4.86. The molecule has 0 saturated carbocycles. The summed E-state index contributed by atoms with van der Waals surface area (Å²) in [7, 11) is 1.64. The molecule has 2 aromatic carbocycles. The molecular formula is C17H17NO4. The molecule has 1 amide bonds. The molecule has 2 aromatic rings. The zero-order chi connectivity index (χ0) is 15.4. The van der Waals surface area contributed by atoms with Crippen molar-refractivity contribution in [3.63, 3.8) is 0 Å². The van der Waals surface area contributed by atoms with Crippen LogP contribution in [-0.4, -0.2) is 26.4 Å². The summed E-state index contributed by atoms with van der Waals surface area (Å²) in [5, 5.41) is 2.90. The minimum Gasteiger partial charge on any atom is -0.496 e. The van der Waals surface area contributed by atoms with Gasteiger partial charge in [0.15, 0.2) is 11.5 Å². The molecule has 1 aliphatic heterocycles. The minimum atomic E-state index is -0.169. The van der Waals surface area contributed by atoms with Crippen molar-refractivity contribution in [3.8, 4) is 17.2 Å². The lowest BCUT2D eigenvalue weighted by atomic mass is 10.1. The van der Waals surface area contributed by atoms with E-state index in [1.165, 1.54) is 0 Å². The molecule has 114 valence electrons. The van der Waals surface area contributed by atoms with Crippen LogP contribution in [0.15, 0.2) is 42.5 Å². The number of methoxy groups -OCH3 is 1. The molecule has 5 heteroatoms. The first-order chi connectivity index (χ1) is 10.8. The van der Waals surface area contributed by atoms with E-state index in [9.17, 15) is 4.79 Å². The molecule has 3 rings (SSSR count). The van der Waals surface area contributed by atoms with Crippen molar-refractivity contribution >= 4 is 5.91 Å². The maximum Gasteiger partial charge on any atom is 0.255 e. The standard InChI is InChI=1S/C17H17NO4/c1-20-14-7-3-2-5-12(14)9-10-18-17(19)13-6-4-8-15-16(13)22-11-21-15/h2-8H,9-11H2,1H3,(H,18,19). The van der Waals surface area contributed by atoms with E-state index in [2.05, 4.69) is 5.32 Å². The number of hydrogen-bond donors (Lipinski definition) is 1. The van der Waals surface area contributed by atoms with E-state index >= 15 is 0 Å². The maximum absolute atomic E-state index is 12.3. The quantitative estimate of drug-likeness (QED) is 0.921. The number of para-hydroxylation sites is 2. The number of carbonyl (C=O) groups is 1. The van der Waals surface area contributed by atoms with Crippen LogP contribution in [-0.2, 0) is 6.42 Å². The molecule has 0 atom stereocenters. The Hall–Kier alpha value is -2.69. The lowest BCUT2D eigenvalue weighted by Gasteiger charge is -2.10. The van der Waals surface area contributed by atoms with Crippen LogP contribution >= 0.6 is 0 Å². The van der Waals surface area contributed by atoms with E-state index in [1.54, 1.807) is 25.3 Å². The number of ether oxygens (including phenoxy) is 3. The van der Waals surface area contributed by atoms with Gasteiger partial charge >= 0.3 is 0 Å². The third-order valence-corrected chi connectivity index (χ3v) is 3.51. The van der Waals surface area contributed by atoms with Gasteiger partial charge in [0.05, 0.1) is 12.7 Å². The van der Waals surface area contributed by atoms with Crippen molar-refractivity contribution < 1.29 is 19.0 Å². The van der Waals surface area contributed by atoms with Gasteiger partial charge in [0.25, 0.3) is 5.91 Å². The fourth-order valence-corrected chi connectivity index (χ4v) is 2.42. The molecule has 0 saturated heterocycles. The molecule has 1 N–H and O–H groups in total. The van der Waals surface area contributed by atoms with E-state index in [4.69, 9.17) is 14.2 Å². The molecule has 1 heterocycles. The van der Waals surface area contributed by atoms with Crippen molar-refractivity contribution in [2.24, 2.45) is 0 Å². The van der Waals surface area contributed by atoms with Crippen LogP contribution in [0.5, 0.6) is 17.2 Å². The summed E-state index contributed by atoms with van der Waals surface area (Å²) < 4.78 is 15.9. The van der Waals surface area contributed by atoms with E-state index < -0.39 is 0 Å². The highest BCUT2D eigenvalue weighted by atomic mass is 16.7. The molecule has 0 aromatic heterocycles. The fourth-order valence-electron chi connectivity index (χ4n) is 2.42. The minimum absolute atomic E-state index is 0.154. The van der Waals surface area contributed by atoms with Gasteiger partial charge in [-0.2, -0.15) is 0 Å². The number of rotatable bonds is 5. The number of amides is 1. The van der Waals surface area contributed by atoms with Gasteiger partial charge in [0.1, 0.15) is 5.75 Å². The van der Waals surface area contributed by atoms with Crippen LogP contribution < -0.4 is 19.5 Å². The Bertz CT molecular complexity index is 684. The largest absolute Gasteiger partial charge is 0.496 e. The van der Waals surface area contributed by atoms with Gasteiger partial charge in [-0.15, -0.1) is 0 Å². The summed E-state index contributed by atoms with van der Waals surface area (Å²) in [5.74, 6) is 1.78. The zero-order valence-corrected chi connectivity index (χ0v) is 12.3. The number of hydrogen-bond acceptors (Lipinski definition) is 4. The van der Waals surface area contributed by atoms with Crippen molar-refractivity contribution in [3.05, 3.63) is 53.6 Å². The molecule has 0 radical (unpaired) electrons. The van der Waals surface area contributed by atoms with E-state index in [0.29, 0.717) is 30.0 Å². The van der Waals surface area contributed by atoms with Crippen LogP contribution in [0.25, 0.3) is 0 Å². The molecule has 0 spiro atoms. The summed E-state index contributed by atoms with van der Waals surface area (Å²) in [6.45, 7) is 0.671. The van der Waals surface area contributed by atoms with Gasteiger partial charge in [0, 0.05) is 6.54 Å². The first-order valence-corrected chi connectivity index (χ1v) is 7.08. The Morgan fingerprint density at radius 1 is 1.18 bits per heavy atom. The SMILES string of the molecule is COc1ccccc1CCNC(=O)c1cccc2c1OCO2. The third-order valence-electron chi connectivity index (χ3n) is 3.51. The highest BCUT2D eigenvalue weighted by molar-refractivity contribution is 5.97. The fraction of sp³-hybridized carbons (Fsp3) is 0.235. The highest BCUT2D eigenvalue weighted by Gasteiger charge is 2.21. The van der Waals surface area contributed by atoms with Gasteiger partial charge < -0.3 is 19.5 Å². The van der Waals surface area contributed by atoms with Crippen LogP contribution in [0.3, 0.4) is 0 Å². The first-order valence-electron chi connectivity index (χ1n) is 7.08. The van der Waals surface area contributed by atoms with Gasteiger partial charge in [-0.05, 0) is 30.2 Å². The summed E-state index contributed by atoms with van der Waals surface area (Å²) in [6.07, 6.45) is 0.697. The Balaban J connectivity index is 1.63. The number of nitrogens with one attached hydrogen (secondary N) is 1. The summed E-state index contributed by atoms with van der Waals surface area (Å²) in [4.78, 5) is 12.3. The van der Waals surface area contributed by atoms with Gasteiger partial charge in [0.2, 0.25) is 6.79 Å². The summed E-state index contributed by atoms with van der Waals surface area (Å²) in [5.41, 5.74) is 1.55. The van der Waals surface area contributed by atoms with Gasteiger partial charge in [-0.1, -0.05) is 24.3 Å². The Kier molecular flexibility index (Phi) is 4.14. The van der Waals surface area contributed by atoms with Gasteiger partial charge in [-0.25, -0.2) is 0 Å². The predicted octanol–water partition coefficient (Wildman–Crippen LogP) is 2.40. The van der Waals surface area contributed by atoms with Crippen LogP contribution in [0.2, 0.25) is 0 Å². The number of fused-ring (bicyclic) bond motifs is 1. The van der Waals surface area contributed by atoms with Crippen LogP contribution in [0.1, 0.15) is 15.9 Å². The molecule has 1 aliphatic rings. The second kappa shape index (κ2) is 6.39. The van der Waals surface area contributed by atoms with Gasteiger partial charge in [-0.3, -0.25) is 4.79 Å². The van der Waals surface area contributed by atoms with E-state index in [-0.39, 0.29) is 12.7 Å². The Labute approximate surface area is 128 Å². The Morgan fingerprint density at radius 3 is 2.91 bits per heavy atom. The summed E-state index contributed by atoms with van der Waals surface area (Å²) in [6, 6.07) is 13.1. The molecular weight excluding hydrogens is 282 g/mol. The molecule has 0 aliphatic carbocycles. The van der Waals surface area contributed by atoms with Crippen molar-refractivity contribution in [2.75, 3.05) is 20.4 Å². The molecule has 22 heavy (non-hydrogen) atoms. The monoisotopic (exact) mass is 299 g/mol. The normalized spacial score (nSPS) is 12.0. The van der Waals surface area contributed by atoms with Crippen molar-refractivity contribution in [2.45, 2.75) is 6.42 Å². The first kappa shape index (κ1) is 14.3. The molecule has 5 nitrogen and oxygen atoms in total. The summed E-state index contributed by atoms with van der Waals surface area (Å²) >= 11 is 0. The number of benzene rings is 2. The lowest BCUT2D eigenvalue weighted by Crippen LogP contribution is -2.26. The smallest absolute Gasteiger partial charge is 0.255 e. The Morgan fingerprint density at radius 2 is 2.05 bits per heavy atom. The lowest BCUT2D eigenvalue weighted by molar-refractivity contribution is 0.0949. The second-order valence-corrected chi connectivity index (χ2v) is 4.86. The molecule has 0 fully saturated rings. The molecule has 0 bridgehead atoms. The highest BCUT2D eigenvalue weighted by Crippen LogP contribution is 2.35. The van der Waals surface area contributed by atoms with Crippen molar-refractivity contribution in [1.82, 2.24) is 5.32 Å². The molecule has 0 unspecified atom stereocenters. The third kappa shape index (κ3) is 2.83. The van der Waals surface area contributed by atoms with Crippen molar-refractivity contribution in [1.29, 1.82) is 0 Å². The number of carbonyl (C=O) groups excluding carboxylic acids is 1.